The zero-order valence-corrected chi connectivity index (χ0v) is 17.4. The number of methoxy groups -OCH3 is 1. The smallest absolute Gasteiger partial charge is 0.251 e. The largest absolute Gasteiger partial charge is 0.497 e. The van der Waals surface area contributed by atoms with Crippen LogP contribution in [0.5, 0.6) is 5.75 Å². The maximum atomic E-state index is 12.2. The van der Waals surface area contributed by atoms with E-state index in [2.05, 4.69) is 26.0 Å². The Bertz CT molecular complexity index is 831. The highest BCUT2D eigenvalue weighted by molar-refractivity contribution is 5.94. The van der Waals surface area contributed by atoms with Crippen LogP contribution in [0, 0.1) is 0 Å². The summed E-state index contributed by atoms with van der Waals surface area (Å²) in [5.74, 6) is 1.03. The first kappa shape index (κ1) is 22.2. The number of hydrogen-bond donors (Lipinski definition) is 4. The fourth-order valence-corrected chi connectivity index (χ4v) is 2.59. The fourth-order valence-electron chi connectivity index (χ4n) is 2.59. The summed E-state index contributed by atoms with van der Waals surface area (Å²) >= 11 is 0. The van der Waals surface area contributed by atoms with Crippen LogP contribution < -0.4 is 20.7 Å². The van der Waals surface area contributed by atoms with Gasteiger partial charge in [-0.15, -0.1) is 0 Å². The summed E-state index contributed by atoms with van der Waals surface area (Å²) in [6.07, 6.45) is 3.40. The third kappa shape index (κ3) is 6.79. The highest BCUT2D eigenvalue weighted by Gasteiger charge is 2.24. The predicted octanol–water partition coefficient (Wildman–Crippen LogP) is 0.621. The second kappa shape index (κ2) is 10.5. The molecule has 0 spiro atoms. The molecule has 0 aliphatic carbocycles. The van der Waals surface area contributed by atoms with Crippen molar-refractivity contribution in [2.75, 3.05) is 33.3 Å². The summed E-state index contributed by atoms with van der Waals surface area (Å²) in [5.41, 5.74) is 0.111. The molecule has 1 aromatic carbocycles. The molecule has 1 heterocycles. The molecular formula is C20H30N6O3. The number of aliphatic hydroxyl groups is 1. The number of guanidine groups is 1. The molecule has 0 bridgehead atoms. The molecule has 0 saturated heterocycles. The topological polar surface area (TPSA) is 113 Å². The van der Waals surface area contributed by atoms with E-state index < -0.39 is 5.60 Å². The molecule has 158 valence electrons. The highest BCUT2D eigenvalue weighted by Crippen LogP contribution is 2.19. The van der Waals surface area contributed by atoms with Crippen molar-refractivity contribution in [2.24, 2.45) is 12.0 Å². The monoisotopic (exact) mass is 402 g/mol. The molecule has 2 aromatic rings. The number of hydrogen-bond acceptors (Lipinski definition) is 5. The first-order valence-corrected chi connectivity index (χ1v) is 9.51. The molecule has 0 fully saturated rings. The second-order valence-electron chi connectivity index (χ2n) is 6.79. The number of rotatable bonds is 9. The number of ether oxygens (including phenoxy) is 1. The first-order chi connectivity index (χ1) is 13.9. The van der Waals surface area contributed by atoms with Crippen LogP contribution in [-0.4, -0.2) is 60.0 Å². The van der Waals surface area contributed by atoms with Crippen molar-refractivity contribution in [1.82, 2.24) is 25.7 Å². The number of nitrogens with one attached hydrogen (secondary N) is 3. The third-order valence-electron chi connectivity index (χ3n) is 4.25. The van der Waals surface area contributed by atoms with Gasteiger partial charge in [-0.25, -0.2) is 4.99 Å². The SMILES string of the molecule is CCNC(=NCC(C)(O)c1cnn(C)c1)NCCNC(=O)c1cccc(OC)c1. The predicted molar refractivity (Wildman–Crippen MR) is 112 cm³/mol. The average Bonchev–Trinajstić information content (AvgIpc) is 3.16. The maximum absolute atomic E-state index is 12.2. The van der Waals surface area contributed by atoms with Crippen molar-refractivity contribution in [2.45, 2.75) is 19.4 Å². The van der Waals surface area contributed by atoms with E-state index in [-0.39, 0.29) is 12.5 Å². The van der Waals surface area contributed by atoms with Gasteiger partial charge in [-0.1, -0.05) is 6.07 Å². The van der Waals surface area contributed by atoms with Crippen molar-refractivity contribution in [3.63, 3.8) is 0 Å². The van der Waals surface area contributed by atoms with Crippen molar-refractivity contribution < 1.29 is 14.6 Å². The minimum atomic E-state index is -1.13. The zero-order valence-electron chi connectivity index (χ0n) is 17.4. The summed E-state index contributed by atoms with van der Waals surface area (Å²) in [6.45, 7) is 5.41. The van der Waals surface area contributed by atoms with E-state index in [1.165, 1.54) is 0 Å². The van der Waals surface area contributed by atoms with Crippen molar-refractivity contribution >= 4 is 11.9 Å². The van der Waals surface area contributed by atoms with Crippen molar-refractivity contribution in [3.8, 4) is 5.75 Å². The van der Waals surface area contributed by atoms with E-state index in [1.54, 1.807) is 62.4 Å². The van der Waals surface area contributed by atoms with E-state index in [0.29, 0.717) is 42.5 Å². The van der Waals surface area contributed by atoms with Crippen LogP contribution in [0.2, 0.25) is 0 Å². The van der Waals surface area contributed by atoms with Gasteiger partial charge in [0.05, 0.1) is 19.9 Å². The van der Waals surface area contributed by atoms with Crippen LogP contribution in [0.4, 0.5) is 0 Å². The number of carbonyl (C=O) groups is 1. The van der Waals surface area contributed by atoms with Gasteiger partial charge in [0, 0.05) is 44.0 Å². The van der Waals surface area contributed by atoms with Gasteiger partial charge in [0.25, 0.3) is 5.91 Å². The number of nitrogens with zero attached hydrogens (tertiary/aromatic N) is 3. The van der Waals surface area contributed by atoms with Crippen molar-refractivity contribution in [1.29, 1.82) is 0 Å². The zero-order chi connectivity index (χ0) is 21.3. The van der Waals surface area contributed by atoms with Crippen LogP contribution in [0.25, 0.3) is 0 Å². The molecule has 9 nitrogen and oxygen atoms in total. The lowest BCUT2D eigenvalue weighted by atomic mass is 10.0. The van der Waals surface area contributed by atoms with Gasteiger partial charge in [0.1, 0.15) is 11.4 Å². The number of benzene rings is 1. The summed E-state index contributed by atoms with van der Waals surface area (Å²) in [4.78, 5) is 16.7. The lowest BCUT2D eigenvalue weighted by Crippen LogP contribution is -2.42. The molecule has 4 N–H and O–H groups in total. The van der Waals surface area contributed by atoms with Crippen LogP contribution in [0.1, 0.15) is 29.8 Å². The number of amides is 1. The van der Waals surface area contributed by atoms with Gasteiger partial charge < -0.3 is 25.8 Å². The van der Waals surface area contributed by atoms with Gasteiger partial charge in [-0.05, 0) is 32.0 Å². The number of aryl methyl sites for hydroxylation is 1. The van der Waals surface area contributed by atoms with Gasteiger partial charge >= 0.3 is 0 Å². The molecule has 29 heavy (non-hydrogen) atoms. The van der Waals surface area contributed by atoms with Crippen LogP contribution in [0.3, 0.4) is 0 Å². The molecule has 1 atom stereocenters. The van der Waals surface area contributed by atoms with E-state index >= 15 is 0 Å². The van der Waals surface area contributed by atoms with Crippen LogP contribution >= 0.6 is 0 Å². The molecule has 0 saturated carbocycles. The molecule has 1 unspecified atom stereocenters. The van der Waals surface area contributed by atoms with Crippen LogP contribution in [-0.2, 0) is 12.6 Å². The van der Waals surface area contributed by atoms with E-state index in [0.717, 1.165) is 0 Å². The van der Waals surface area contributed by atoms with Crippen molar-refractivity contribution in [3.05, 3.63) is 47.8 Å². The highest BCUT2D eigenvalue weighted by atomic mass is 16.5. The summed E-state index contributed by atoms with van der Waals surface area (Å²) in [7, 11) is 3.36. The molecule has 2 rings (SSSR count). The maximum Gasteiger partial charge on any atom is 0.251 e. The normalized spacial score (nSPS) is 13.5. The van der Waals surface area contributed by atoms with Gasteiger partial charge in [0.2, 0.25) is 0 Å². The van der Waals surface area contributed by atoms with Gasteiger partial charge in [0.15, 0.2) is 5.96 Å². The van der Waals surface area contributed by atoms with E-state index in [9.17, 15) is 9.90 Å². The van der Waals surface area contributed by atoms with E-state index in [1.807, 2.05) is 6.92 Å². The first-order valence-electron chi connectivity index (χ1n) is 9.51. The Balaban J connectivity index is 1.85. The quantitative estimate of drug-likeness (QED) is 0.278. The number of aromatic nitrogens is 2. The Morgan fingerprint density at radius 1 is 1.31 bits per heavy atom. The molecule has 0 radical (unpaired) electrons. The van der Waals surface area contributed by atoms with Gasteiger partial charge in [-0.3, -0.25) is 9.48 Å². The third-order valence-corrected chi connectivity index (χ3v) is 4.25. The Hall–Kier alpha value is -3.07. The Morgan fingerprint density at radius 2 is 2.07 bits per heavy atom. The van der Waals surface area contributed by atoms with E-state index in [4.69, 9.17) is 4.74 Å². The minimum Gasteiger partial charge on any atom is -0.497 e. The summed E-state index contributed by atoms with van der Waals surface area (Å²) in [6, 6.07) is 6.99. The number of carbonyl (C=O) groups excluding carboxylic acids is 1. The molecule has 1 amide bonds. The Labute approximate surface area is 171 Å². The Morgan fingerprint density at radius 3 is 2.72 bits per heavy atom. The second-order valence-corrected chi connectivity index (χ2v) is 6.79. The molecule has 0 aliphatic rings. The lowest BCUT2D eigenvalue weighted by Gasteiger charge is -2.20. The summed E-state index contributed by atoms with van der Waals surface area (Å²) < 4.78 is 6.78. The van der Waals surface area contributed by atoms with Crippen LogP contribution in [0.15, 0.2) is 41.7 Å². The summed E-state index contributed by atoms with van der Waals surface area (Å²) in [5, 5.41) is 23.9. The molecule has 9 heteroatoms. The molecular weight excluding hydrogens is 372 g/mol. The lowest BCUT2D eigenvalue weighted by molar-refractivity contribution is 0.0672. The number of aliphatic imine (C=N–C) groups is 1. The minimum absolute atomic E-state index is 0.171. The molecule has 0 aliphatic heterocycles. The average molecular weight is 402 g/mol. The molecule has 1 aromatic heterocycles. The Kier molecular flexibility index (Phi) is 8.02. The standard InChI is InChI=1S/C20H30N6O3/c1-5-21-19(24-14-20(2,28)16-12-25-26(3)13-16)23-10-9-22-18(27)15-7-6-8-17(11-15)29-4/h6-8,11-13,28H,5,9-10,14H2,1-4H3,(H,22,27)(H2,21,23,24). The fraction of sp³-hybridized carbons (Fsp3) is 0.450. The van der Waals surface area contributed by atoms with Gasteiger partial charge in [-0.2, -0.15) is 5.10 Å².